The third-order valence-electron chi connectivity index (χ3n) is 6.29. The Morgan fingerprint density at radius 3 is 2.22 bits per heavy atom. The average Bonchev–Trinajstić information content (AvgIpc) is 3.43. The fourth-order valence-electron chi connectivity index (χ4n) is 4.51. The summed E-state index contributed by atoms with van der Waals surface area (Å²) in [6, 6.07) is 30.6. The molecule has 0 bridgehead atoms. The van der Waals surface area contributed by atoms with Crippen LogP contribution in [0.3, 0.4) is 0 Å². The molecule has 0 atom stereocenters. The maximum atomic E-state index is 11.3. The standard InChI is InChI=1S/C31H34N2O4/c1-35-29-16-15-24(21-31(32)34)20-30(29)37-19-9-17-33(22-27-14-8-18-36-27)23-28(25-10-4-2-5-11-25)26-12-6-3-7-13-26/h2-8,10-16,18,20,28H,9,17,19,21-23H2,1H3,(H2,32,34). The summed E-state index contributed by atoms with van der Waals surface area (Å²) in [4.78, 5) is 13.7. The van der Waals surface area contributed by atoms with Gasteiger partial charge in [-0.3, -0.25) is 9.69 Å². The molecule has 4 aromatic rings. The first-order valence-electron chi connectivity index (χ1n) is 12.5. The Morgan fingerprint density at radius 2 is 1.62 bits per heavy atom. The lowest BCUT2D eigenvalue weighted by molar-refractivity contribution is -0.117. The number of hydrogen-bond acceptors (Lipinski definition) is 5. The Labute approximate surface area is 218 Å². The molecule has 1 aromatic heterocycles. The molecule has 0 aliphatic heterocycles. The predicted molar refractivity (Wildman–Crippen MR) is 145 cm³/mol. The van der Waals surface area contributed by atoms with Crippen molar-refractivity contribution in [2.45, 2.75) is 25.3 Å². The summed E-state index contributed by atoms with van der Waals surface area (Å²) in [6.07, 6.45) is 2.69. The van der Waals surface area contributed by atoms with Crippen LogP contribution in [0.25, 0.3) is 0 Å². The number of methoxy groups -OCH3 is 1. The number of nitrogens with zero attached hydrogens (tertiary/aromatic N) is 1. The van der Waals surface area contributed by atoms with Gasteiger partial charge in [-0.25, -0.2) is 0 Å². The van der Waals surface area contributed by atoms with Gasteiger partial charge in [-0.15, -0.1) is 0 Å². The molecule has 0 saturated carbocycles. The number of ether oxygens (including phenoxy) is 2. The summed E-state index contributed by atoms with van der Waals surface area (Å²) in [5.74, 6) is 2.03. The van der Waals surface area contributed by atoms with Crippen molar-refractivity contribution in [1.29, 1.82) is 0 Å². The highest BCUT2D eigenvalue weighted by Gasteiger charge is 2.19. The monoisotopic (exact) mass is 498 g/mol. The van der Waals surface area contributed by atoms with Gasteiger partial charge < -0.3 is 19.6 Å². The van der Waals surface area contributed by atoms with Crippen LogP contribution in [0.15, 0.2) is 102 Å². The van der Waals surface area contributed by atoms with Crippen molar-refractivity contribution in [1.82, 2.24) is 4.90 Å². The Morgan fingerprint density at radius 1 is 0.919 bits per heavy atom. The smallest absolute Gasteiger partial charge is 0.221 e. The van der Waals surface area contributed by atoms with E-state index in [2.05, 4.69) is 65.6 Å². The number of furan rings is 1. The summed E-state index contributed by atoms with van der Waals surface area (Å²) >= 11 is 0. The van der Waals surface area contributed by atoms with Crippen molar-refractivity contribution >= 4 is 5.91 Å². The zero-order chi connectivity index (χ0) is 25.9. The van der Waals surface area contributed by atoms with Gasteiger partial charge in [0.05, 0.1) is 32.9 Å². The average molecular weight is 499 g/mol. The molecule has 2 N–H and O–H groups in total. The lowest BCUT2D eigenvalue weighted by atomic mass is 9.90. The molecule has 0 fully saturated rings. The van der Waals surface area contributed by atoms with Crippen molar-refractivity contribution in [2.24, 2.45) is 5.73 Å². The predicted octanol–water partition coefficient (Wildman–Crippen LogP) is 5.42. The molecule has 0 radical (unpaired) electrons. The van der Waals surface area contributed by atoms with E-state index in [9.17, 15) is 4.79 Å². The zero-order valence-electron chi connectivity index (χ0n) is 21.2. The van der Waals surface area contributed by atoms with E-state index in [0.29, 0.717) is 24.7 Å². The SMILES string of the molecule is COc1ccc(CC(N)=O)cc1OCCCN(Cc1ccco1)CC(c1ccccc1)c1ccccc1. The molecule has 3 aromatic carbocycles. The maximum Gasteiger partial charge on any atom is 0.221 e. The van der Waals surface area contributed by atoms with Crippen LogP contribution in [0.2, 0.25) is 0 Å². The van der Waals surface area contributed by atoms with Gasteiger partial charge >= 0.3 is 0 Å². The van der Waals surface area contributed by atoms with E-state index in [4.69, 9.17) is 19.6 Å². The normalized spacial score (nSPS) is 11.1. The summed E-state index contributed by atoms with van der Waals surface area (Å²) in [7, 11) is 1.61. The van der Waals surface area contributed by atoms with Gasteiger partial charge in [0, 0.05) is 19.0 Å². The van der Waals surface area contributed by atoms with Crippen LogP contribution < -0.4 is 15.2 Å². The second kappa shape index (κ2) is 13.3. The number of carbonyl (C=O) groups excluding carboxylic acids is 1. The van der Waals surface area contributed by atoms with E-state index in [1.165, 1.54) is 11.1 Å². The highest BCUT2D eigenvalue weighted by atomic mass is 16.5. The maximum absolute atomic E-state index is 11.3. The number of benzene rings is 3. The molecule has 0 saturated heterocycles. The first-order chi connectivity index (χ1) is 18.1. The van der Waals surface area contributed by atoms with Crippen LogP contribution in [0, 0.1) is 0 Å². The molecule has 1 heterocycles. The van der Waals surface area contributed by atoms with Gasteiger partial charge in [0.15, 0.2) is 11.5 Å². The van der Waals surface area contributed by atoms with Crippen molar-refractivity contribution in [3.63, 3.8) is 0 Å². The Bertz CT molecular complexity index is 1190. The number of hydrogen-bond donors (Lipinski definition) is 1. The zero-order valence-corrected chi connectivity index (χ0v) is 21.2. The second-order valence-corrected chi connectivity index (χ2v) is 9.02. The van der Waals surface area contributed by atoms with Crippen LogP contribution in [0.4, 0.5) is 0 Å². The van der Waals surface area contributed by atoms with Crippen LogP contribution >= 0.6 is 0 Å². The van der Waals surface area contributed by atoms with E-state index in [0.717, 1.165) is 30.8 Å². The highest BCUT2D eigenvalue weighted by molar-refractivity contribution is 5.76. The topological polar surface area (TPSA) is 77.9 Å². The van der Waals surface area contributed by atoms with Crippen molar-refractivity contribution in [2.75, 3.05) is 26.8 Å². The van der Waals surface area contributed by atoms with E-state index in [1.807, 2.05) is 24.3 Å². The molecule has 0 aliphatic rings. The Kier molecular flexibility index (Phi) is 9.38. The van der Waals surface area contributed by atoms with Crippen molar-refractivity contribution in [3.8, 4) is 11.5 Å². The Hall–Kier alpha value is -4.03. The van der Waals surface area contributed by atoms with E-state index in [-0.39, 0.29) is 18.2 Å². The molecule has 0 spiro atoms. The van der Waals surface area contributed by atoms with Gasteiger partial charge in [0.1, 0.15) is 5.76 Å². The molecule has 4 rings (SSSR count). The highest BCUT2D eigenvalue weighted by Crippen LogP contribution is 2.29. The number of rotatable bonds is 14. The molecular formula is C31H34N2O4. The lowest BCUT2D eigenvalue weighted by Crippen LogP contribution is -2.30. The molecule has 6 heteroatoms. The van der Waals surface area contributed by atoms with E-state index >= 15 is 0 Å². The van der Waals surface area contributed by atoms with Gasteiger partial charge in [0.25, 0.3) is 0 Å². The van der Waals surface area contributed by atoms with Gasteiger partial charge in [-0.05, 0) is 47.4 Å². The summed E-state index contributed by atoms with van der Waals surface area (Å²) in [5, 5.41) is 0. The number of carbonyl (C=O) groups is 1. The quantitative estimate of drug-likeness (QED) is 0.235. The Balaban J connectivity index is 1.45. The molecule has 0 aliphatic carbocycles. The van der Waals surface area contributed by atoms with Gasteiger partial charge in [-0.1, -0.05) is 66.7 Å². The van der Waals surface area contributed by atoms with Gasteiger partial charge in [0.2, 0.25) is 5.91 Å². The van der Waals surface area contributed by atoms with Crippen LogP contribution in [0.1, 0.15) is 34.8 Å². The van der Waals surface area contributed by atoms with Crippen LogP contribution in [-0.4, -0.2) is 37.6 Å². The molecule has 192 valence electrons. The first kappa shape index (κ1) is 26.0. The van der Waals surface area contributed by atoms with Crippen molar-refractivity contribution < 1.29 is 18.7 Å². The fraction of sp³-hybridized carbons (Fsp3) is 0.258. The molecule has 1 amide bonds. The summed E-state index contributed by atoms with van der Waals surface area (Å²) in [6.45, 7) is 2.87. The van der Waals surface area contributed by atoms with Crippen molar-refractivity contribution in [3.05, 3.63) is 120 Å². The van der Waals surface area contributed by atoms with Crippen LogP contribution in [0.5, 0.6) is 11.5 Å². The third-order valence-corrected chi connectivity index (χ3v) is 6.29. The third kappa shape index (κ3) is 7.72. The number of amides is 1. The molecule has 0 unspecified atom stereocenters. The minimum absolute atomic E-state index is 0.164. The second-order valence-electron chi connectivity index (χ2n) is 9.02. The molecular weight excluding hydrogens is 464 g/mol. The molecule has 6 nitrogen and oxygen atoms in total. The van der Waals surface area contributed by atoms with E-state index in [1.54, 1.807) is 19.4 Å². The minimum Gasteiger partial charge on any atom is -0.493 e. The van der Waals surface area contributed by atoms with Gasteiger partial charge in [-0.2, -0.15) is 0 Å². The fourth-order valence-corrected chi connectivity index (χ4v) is 4.51. The largest absolute Gasteiger partial charge is 0.493 e. The summed E-state index contributed by atoms with van der Waals surface area (Å²) in [5.41, 5.74) is 8.72. The summed E-state index contributed by atoms with van der Waals surface area (Å²) < 4.78 is 17.2. The number of primary amides is 1. The molecule has 37 heavy (non-hydrogen) atoms. The first-order valence-corrected chi connectivity index (χ1v) is 12.5. The minimum atomic E-state index is -0.379. The number of nitrogens with two attached hydrogens (primary N) is 1. The van der Waals surface area contributed by atoms with E-state index < -0.39 is 0 Å². The van der Waals surface area contributed by atoms with Crippen LogP contribution in [-0.2, 0) is 17.8 Å². The lowest BCUT2D eigenvalue weighted by Gasteiger charge is -2.28.